The summed E-state index contributed by atoms with van der Waals surface area (Å²) >= 11 is 0. The van der Waals surface area contributed by atoms with Crippen LogP contribution >= 0.6 is 0 Å². The van der Waals surface area contributed by atoms with Gasteiger partial charge in [0.05, 0.1) is 0 Å². The van der Waals surface area contributed by atoms with Gasteiger partial charge in [-0.05, 0) is 26.3 Å². The first kappa shape index (κ1) is 9.04. The summed E-state index contributed by atoms with van der Waals surface area (Å²) in [5, 5.41) is 0. The summed E-state index contributed by atoms with van der Waals surface area (Å²) < 4.78 is 5.46. The lowest BCUT2D eigenvalue weighted by molar-refractivity contribution is -0.113. The molecule has 0 aromatic rings. The maximum atomic E-state index is 11.1. The van der Waals surface area contributed by atoms with E-state index in [0.717, 1.165) is 16.9 Å². The molecule has 0 saturated carbocycles. The highest BCUT2D eigenvalue weighted by atomic mass is 16.5. The minimum Gasteiger partial charge on any atom is -0.490 e. The molecule has 1 heterocycles. The van der Waals surface area contributed by atoms with Crippen LogP contribution in [-0.4, -0.2) is 11.9 Å². The van der Waals surface area contributed by atoms with Crippen LogP contribution in [0.5, 0.6) is 0 Å². The van der Waals surface area contributed by atoms with Gasteiger partial charge in [-0.15, -0.1) is 0 Å². The molecule has 0 fully saturated rings. The largest absolute Gasteiger partial charge is 0.490 e. The lowest BCUT2D eigenvalue weighted by Crippen LogP contribution is -2.07. The van der Waals surface area contributed by atoms with Crippen LogP contribution in [0, 0.1) is 0 Å². The van der Waals surface area contributed by atoms with E-state index >= 15 is 0 Å². The molecule has 0 spiro atoms. The topological polar surface area (TPSA) is 26.3 Å². The van der Waals surface area contributed by atoms with Gasteiger partial charge in [-0.3, -0.25) is 4.79 Å². The molecule has 0 radical (unpaired) electrons. The van der Waals surface area contributed by atoms with E-state index in [-0.39, 0.29) is 11.9 Å². The molecule has 12 heavy (non-hydrogen) atoms. The fraction of sp³-hybridized carbons (Fsp3) is 0.500. The third-order valence-electron chi connectivity index (χ3n) is 2.11. The van der Waals surface area contributed by atoms with E-state index in [0.29, 0.717) is 6.42 Å². The van der Waals surface area contributed by atoms with Crippen molar-refractivity contribution >= 4 is 5.78 Å². The molecular weight excluding hydrogens is 152 g/mol. The number of hydrogen-bond donors (Lipinski definition) is 0. The smallest absolute Gasteiger partial charge is 0.159 e. The van der Waals surface area contributed by atoms with Crippen LogP contribution in [0.1, 0.15) is 27.2 Å². The summed E-state index contributed by atoms with van der Waals surface area (Å²) in [5.41, 5.74) is 1.79. The SMILES string of the molecule is C=C(C)[C@@H]1CC(C(C)=O)=C(C)O1. The van der Waals surface area contributed by atoms with Gasteiger partial charge in [0.2, 0.25) is 0 Å². The van der Waals surface area contributed by atoms with Crippen molar-refractivity contribution in [1.82, 2.24) is 0 Å². The Hall–Kier alpha value is -1.05. The second-order valence-electron chi connectivity index (χ2n) is 3.25. The van der Waals surface area contributed by atoms with Crippen molar-refractivity contribution in [2.45, 2.75) is 33.3 Å². The van der Waals surface area contributed by atoms with Crippen molar-refractivity contribution in [3.8, 4) is 0 Å². The highest BCUT2D eigenvalue weighted by Gasteiger charge is 2.25. The van der Waals surface area contributed by atoms with Gasteiger partial charge in [-0.25, -0.2) is 0 Å². The van der Waals surface area contributed by atoms with Crippen molar-refractivity contribution in [3.63, 3.8) is 0 Å². The first-order valence-electron chi connectivity index (χ1n) is 4.05. The van der Waals surface area contributed by atoms with E-state index in [1.165, 1.54) is 0 Å². The summed E-state index contributed by atoms with van der Waals surface area (Å²) in [4.78, 5) is 11.1. The van der Waals surface area contributed by atoms with Crippen molar-refractivity contribution in [2.75, 3.05) is 0 Å². The Morgan fingerprint density at radius 3 is 2.42 bits per heavy atom. The molecule has 1 aliphatic heterocycles. The molecular formula is C10H14O2. The Kier molecular flexibility index (Phi) is 2.36. The van der Waals surface area contributed by atoms with E-state index in [1.807, 2.05) is 13.8 Å². The van der Waals surface area contributed by atoms with Crippen molar-refractivity contribution in [1.29, 1.82) is 0 Å². The molecule has 1 atom stereocenters. The van der Waals surface area contributed by atoms with E-state index in [9.17, 15) is 4.79 Å². The van der Waals surface area contributed by atoms with Gasteiger partial charge in [-0.2, -0.15) is 0 Å². The van der Waals surface area contributed by atoms with Crippen molar-refractivity contribution in [3.05, 3.63) is 23.5 Å². The van der Waals surface area contributed by atoms with Crippen LogP contribution in [0.25, 0.3) is 0 Å². The molecule has 0 unspecified atom stereocenters. The van der Waals surface area contributed by atoms with Crippen molar-refractivity contribution < 1.29 is 9.53 Å². The van der Waals surface area contributed by atoms with E-state index in [1.54, 1.807) is 6.92 Å². The van der Waals surface area contributed by atoms with Gasteiger partial charge in [-0.1, -0.05) is 6.58 Å². The lowest BCUT2D eigenvalue weighted by atomic mass is 10.0. The number of Topliss-reactive ketones (excluding diaryl/α,β-unsaturated/α-hetero) is 1. The first-order chi connectivity index (χ1) is 5.52. The monoisotopic (exact) mass is 166 g/mol. The number of rotatable bonds is 2. The van der Waals surface area contributed by atoms with E-state index in [4.69, 9.17) is 4.74 Å². The number of allylic oxidation sites excluding steroid dienone is 1. The highest BCUT2D eigenvalue weighted by Crippen LogP contribution is 2.28. The standard InChI is InChI=1S/C10H14O2/c1-6(2)10-5-9(7(3)11)8(4)12-10/h10H,1,5H2,2-4H3/t10-/m0/s1. The van der Waals surface area contributed by atoms with Crippen LogP contribution < -0.4 is 0 Å². The number of ketones is 1. The van der Waals surface area contributed by atoms with Gasteiger partial charge in [0.15, 0.2) is 5.78 Å². The fourth-order valence-corrected chi connectivity index (χ4v) is 1.32. The minimum absolute atomic E-state index is 0.0175. The summed E-state index contributed by atoms with van der Waals surface area (Å²) in [6.45, 7) is 9.13. The maximum Gasteiger partial charge on any atom is 0.159 e. The third-order valence-corrected chi connectivity index (χ3v) is 2.11. The Morgan fingerprint density at radius 1 is 1.58 bits per heavy atom. The predicted octanol–water partition coefficient (Wildman–Crippen LogP) is 2.21. The van der Waals surface area contributed by atoms with E-state index < -0.39 is 0 Å². The van der Waals surface area contributed by atoms with Gasteiger partial charge in [0.25, 0.3) is 0 Å². The molecule has 0 bridgehead atoms. The average Bonchev–Trinajstić information content (AvgIpc) is 2.30. The molecule has 0 N–H and O–H groups in total. The summed E-state index contributed by atoms with van der Waals surface area (Å²) in [6, 6.07) is 0. The molecule has 2 nitrogen and oxygen atoms in total. The predicted molar refractivity (Wildman–Crippen MR) is 47.7 cm³/mol. The maximum absolute atomic E-state index is 11.1. The zero-order valence-electron chi connectivity index (χ0n) is 7.81. The zero-order valence-corrected chi connectivity index (χ0v) is 7.81. The Morgan fingerprint density at radius 2 is 2.17 bits per heavy atom. The molecule has 0 amide bonds. The summed E-state index contributed by atoms with van der Waals surface area (Å²) in [7, 11) is 0. The van der Waals surface area contributed by atoms with Crippen LogP contribution in [-0.2, 0) is 9.53 Å². The molecule has 66 valence electrons. The van der Waals surface area contributed by atoms with Crippen LogP contribution in [0.2, 0.25) is 0 Å². The molecule has 1 aliphatic rings. The number of ether oxygens (including phenoxy) is 1. The molecule has 2 heteroatoms. The van der Waals surface area contributed by atoms with E-state index in [2.05, 4.69) is 6.58 Å². The minimum atomic E-state index is 0.0175. The first-order valence-corrected chi connectivity index (χ1v) is 4.05. The Labute approximate surface area is 72.9 Å². The second-order valence-corrected chi connectivity index (χ2v) is 3.25. The third kappa shape index (κ3) is 1.58. The summed E-state index contributed by atoms with van der Waals surface area (Å²) in [6.07, 6.45) is 0.708. The van der Waals surface area contributed by atoms with Crippen LogP contribution in [0.15, 0.2) is 23.5 Å². The fourth-order valence-electron chi connectivity index (χ4n) is 1.32. The normalized spacial score (nSPS) is 22.4. The number of carbonyl (C=O) groups is 1. The number of hydrogen-bond acceptors (Lipinski definition) is 2. The Balaban J connectivity index is 2.74. The Bertz CT molecular complexity index is 261. The van der Waals surface area contributed by atoms with Gasteiger partial charge >= 0.3 is 0 Å². The van der Waals surface area contributed by atoms with Crippen LogP contribution in [0.4, 0.5) is 0 Å². The summed E-state index contributed by atoms with van der Waals surface area (Å²) in [5.74, 6) is 0.867. The van der Waals surface area contributed by atoms with Crippen molar-refractivity contribution in [2.24, 2.45) is 0 Å². The zero-order chi connectivity index (χ0) is 9.30. The van der Waals surface area contributed by atoms with Gasteiger partial charge < -0.3 is 4.74 Å². The van der Waals surface area contributed by atoms with Gasteiger partial charge in [0, 0.05) is 12.0 Å². The number of carbonyl (C=O) groups excluding carboxylic acids is 1. The lowest BCUT2D eigenvalue weighted by Gasteiger charge is -2.09. The molecule has 1 rings (SSSR count). The van der Waals surface area contributed by atoms with Gasteiger partial charge in [0.1, 0.15) is 11.9 Å². The average molecular weight is 166 g/mol. The molecule has 0 saturated heterocycles. The molecule has 0 aromatic heterocycles. The van der Waals surface area contributed by atoms with Crippen LogP contribution in [0.3, 0.4) is 0 Å². The molecule has 0 aromatic carbocycles. The highest BCUT2D eigenvalue weighted by molar-refractivity contribution is 5.94. The second kappa shape index (κ2) is 3.13. The quantitative estimate of drug-likeness (QED) is 0.588. The molecule has 0 aliphatic carbocycles.